The second-order valence-corrected chi connectivity index (χ2v) is 11.4. The molecule has 0 saturated heterocycles. The first-order valence-corrected chi connectivity index (χ1v) is 14.2. The van der Waals surface area contributed by atoms with Gasteiger partial charge in [0.15, 0.2) is 0 Å². The van der Waals surface area contributed by atoms with Gasteiger partial charge in [-0.1, -0.05) is 12.1 Å². The third-order valence-electron chi connectivity index (χ3n) is 8.66. The molecule has 7 rings (SSSR count). The summed E-state index contributed by atoms with van der Waals surface area (Å²) >= 11 is 0. The van der Waals surface area contributed by atoms with Crippen LogP contribution in [0.2, 0.25) is 0 Å². The number of benzene rings is 2. The fraction of sp³-hybridized carbons (Fsp3) is 0.167. The number of aliphatic imine (C=N–C) groups is 1. The van der Waals surface area contributed by atoms with Gasteiger partial charge in [-0.2, -0.15) is 0 Å². The van der Waals surface area contributed by atoms with Crippen LogP contribution in [0.25, 0.3) is 22.3 Å². The molecule has 0 aliphatic carbocycles. The van der Waals surface area contributed by atoms with Crippen molar-refractivity contribution in [1.29, 1.82) is 0 Å². The second-order valence-electron chi connectivity index (χ2n) is 11.4. The Balaban J connectivity index is 1.20. The molecule has 1 N–H and O–H groups in total. The second kappa shape index (κ2) is 10.1. The molecule has 0 bridgehead atoms. The van der Waals surface area contributed by atoms with Gasteiger partial charge < -0.3 is 10.2 Å². The molecule has 0 radical (unpaired) electrons. The van der Waals surface area contributed by atoms with E-state index in [1.807, 2.05) is 61.7 Å². The first kappa shape index (κ1) is 25.8. The Morgan fingerprint density at radius 1 is 0.714 bits per heavy atom. The summed E-state index contributed by atoms with van der Waals surface area (Å²) in [5, 5.41) is 3.62. The summed E-state index contributed by atoms with van der Waals surface area (Å²) < 4.78 is 0. The van der Waals surface area contributed by atoms with E-state index < -0.39 is 0 Å². The predicted octanol–water partition coefficient (Wildman–Crippen LogP) is 8.47. The Morgan fingerprint density at radius 2 is 1.43 bits per heavy atom. The van der Waals surface area contributed by atoms with E-state index in [0.29, 0.717) is 0 Å². The zero-order chi connectivity index (χ0) is 28.8. The Morgan fingerprint density at radius 3 is 2.21 bits per heavy atom. The topological polar surface area (TPSA) is 66.3 Å². The monoisotopic (exact) mass is 548 g/mol. The normalized spacial score (nSPS) is 18.6. The van der Waals surface area contributed by atoms with Gasteiger partial charge in [-0.25, -0.2) is 0 Å². The molecule has 5 heterocycles. The van der Waals surface area contributed by atoms with E-state index >= 15 is 0 Å². The fourth-order valence-electron chi connectivity index (χ4n) is 6.46. The third kappa shape index (κ3) is 4.18. The van der Waals surface area contributed by atoms with E-state index in [1.165, 1.54) is 39.2 Å². The minimum Gasteiger partial charge on any atom is -0.355 e. The number of rotatable bonds is 5. The zero-order valence-corrected chi connectivity index (χ0v) is 24.2. The summed E-state index contributed by atoms with van der Waals surface area (Å²) in [5.41, 5.74) is 13.5. The minimum absolute atomic E-state index is 0.163. The van der Waals surface area contributed by atoms with E-state index in [0.717, 1.165) is 28.1 Å². The van der Waals surface area contributed by atoms with E-state index in [-0.39, 0.29) is 11.5 Å². The molecule has 206 valence electrons. The number of anilines is 4. The van der Waals surface area contributed by atoms with Crippen molar-refractivity contribution in [3.8, 4) is 22.3 Å². The van der Waals surface area contributed by atoms with Crippen molar-refractivity contribution in [3.05, 3.63) is 126 Å². The summed E-state index contributed by atoms with van der Waals surface area (Å²) in [6.45, 7) is 8.75. The highest BCUT2D eigenvalue weighted by molar-refractivity contribution is 5.88. The average Bonchev–Trinajstić information content (AvgIpc) is 3.26. The lowest BCUT2D eigenvalue weighted by molar-refractivity contribution is 0.565. The lowest BCUT2D eigenvalue weighted by Gasteiger charge is -2.39. The van der Waals surface area contributed by atoms with E-state index in [4.69, 9.17) is 0 Å². The van der Waals surface area contributed by atoms with Gasteiger partial charge in [0.25, 0.3) is 0 Å². The van der Waals surface area contributed by atoms with Gasteiger partial charge in [-0.15, -0.1) is 0 Å². The lowest BCUT2D eigenvalue weighted by Crippen LogP contribution is -2.43. The van der Waals surface area contributed by atoms with Crippen LogP contribution >= 0.6 is 0 Å². The Hall–Kier alpha value is -5.10. The van der Waals surface area contributed by atoms with Crippen LogP contribution in [0.15, 0.2) is 109 Å². The summed E-state index contributed by atoms with van der Waals surface area (Å²) in [5.74, 6) is 0.163. The van der Waals surface area contributed by atoms with Crippen molar-refractivity contribution in [2.24, 2.45) is 4.99 Å². The van der Waals surface area contributed by atoms with Crippen LogP contribution in [-0.4, -0.2) is 26.7 Å². The van der Waals surface area contributed by atoms with Crippen LogP contribution in [0.3, 0.4) is 0 Å². The Kier molecular flexibility index (Phi) is 6.19. The maximum absolute atomic E-state index is 4.46. The number of nitrogens with one attached hydrogen (secondary N) is 1. The highest BCUT2D eigenvalue weighted by Crippen LogP contribution is 2.52. The van der Waals surface area contributed by atoms with Gasteiger partial charge in [0.1, 0.15) is 0 Å². The van der Waals surface area contributed by atoms with Gasteiger partial charge >= 0.3 is 0 Å². The van der Waals surface area contributed by atoms with Crippen molar-refractivity contribution < 1.29 is 0 Å². The smallest absolute Gasteiger partial charge is 0.0742 e. The number of fused-ring (bicyclic) bond motifs is 3. The minimum atomic E-state index is -0.232. The molecule has 3 aromatic heterocycles. The number of aromatic nitrogens is 3. The van der Waals surface area contributed by atoms with Gasteiger partial charge in [0, 0.05) is 95.0 Å². The molecule has 0 amide bonds. The van der Waals surface area contributed by atoms with E-state index in [2.05, 4.69) is 106 Å². The van der Waals surface area contributed by atoms with Crippen LogP contribution in [0.5, 0.6) is 0 Å². The molecule has 0 spiro atoms. The van der Waals surface area contributed by atoms with Gasteiger partial charge in [0.2, 0.25) is 0 Å². The number of hydrogen-bond acceptors (Lipinski definition) is 6. The molecule has 2 unspecified atom stereocenters. The molecule has 2 aliphatic rings. The number of pyridine rings is 3. The highest BCUT2D eigenvalue weighted by Gasteiger charge is 2.47. The van der Waals surface area contributed by atoms with E-state index in [9.17, 15) is 0 Å². The molecule has 0 fully saturated rings. The molecule has 6 nitrogen and oxygen atoms in total. The Labute approximate surface area is 246 Å². The summed E-state index contributed by atoms with van der Waals surface area (Å²) in [6.07, 6.45) is 17.5. The lowest BCUT2D eigenvalue weighted by atomic mass is 9.83. The highest BCUT2D eigenvalue weighted by atomic mass is 15.2. The van der Waals surface area contributed by atoms with Crippen molar-refractivity contribution in [2.45, 2.75) is 39.2 Å². The van der Waals surface area contributed by atoms with Crippen LogP contribution in [-0.2, 0) is 0 Å². The molecule has 2 atom stereocenters. The first-order valence-electron chi connectivity index (χ1n) is 14.2. The molecule has 0 saturated carbocycles. The van der Waals surface area contributed by atoms with Crippen LogP contribution < -0.4 is 10.2 Å². The van der Waals surface area contributed by atoms with Crippen molar-refractivity contribution >= 4 is 29.0 Å². The van der Waals surface area contributed by atoms with E-state index in [1.54, 1.807) is 0 Å². The van der Waals surface area contributed by atoms with Crippen LogP contribution in [0.1, 0.15) is 35.1 Å². The standard InChI is InChI=1S/C36H32N6/c1-23-9-13-37-19-30(23)31-20-38-14-10-34(31)41-26-5-7-28(24(2)17-26)29-8-6-27(18-25(29)3)42-35-11-15-39-21-32(35)33-22-40-16-12-36(33,42)4/h5-22,33H,1-4H3,(H,38,41). The zero-order valence-electron chi connectivity index (χ0n) is 24.2. The third-order valence-corrected chi connectivity index (χ3v) is 8.66. The summed E-state index contributed by atoms with van der Waals surface area (Å²) in [4.78, 5) is 20.0. The Bertz CT molecular complexity index is 1890. The number of aryl methyl sites for hydroxylation is 3. The SMILES string of the molecule is Cc1cc(Nc2ccncc2-c2cnccc2C)ccc1-c1ccc(N2c3ccncc3C3C=NC=CC32C)cc1C. The predicted molar refractivity (Wildman–Crippen MR) is 172 cm³/mol. The number of nitrogens with zero attached hydrogens (tertiary/aromatic N) is 5. The maximum atomic E-state index is 4.46. The van der Waals surface area contributed by atoms with Crippen molar-refractivity contribution in [1.82, 2.24) is 15.0 Å². The van der Waals surface area contributed by atoms with Gasteiger partial charge in [0.05, 0.1) is 5.54 Å². The first-order chi connectivity index (χ1) is 20.4. The molecule has 2 aromatic carbocycles. The molecular weight excluding hydrogens is 516 g/mol. The van der Waals surface area contributed by atoms with Crippen molar-refractivity contribution in [3.63, 3.8) is 0 Å². The summed E-state index contributed by atoms with van der Waals surface area (Å²) in [7, 11) is 0. The average molecular weight is 549 g/mol. The van der Waals surface area contributed by atoms with Gasteiger partial charge in [-0.05, 0) is 104 Å². The number of hydrogen-bond donors (Lipinski definition) is 1. The molecule has 42 heavy (non-hydrogen) atoms. The molecule has 5 aromatic rings. The maximum Gasteiger partial charge on any atom is 0.0742 e. The largest absolute Gasteiger partial charge is 0.355 e. The molecular formula is C36H32N6. The van der Waals surface area contributed by atoms with Crippen LogP contribution in [0, 0.1) is 20.8 Å². The van der Waals surface area contributed by atoms with Crippen molar-refractivity contribution in [2.75, 3.05) is 10.2 Å². The molecule has 6 heteroatoms. The fourth-order valence-corrected chi connectivity index (χ4v) is 6.46. The summed E-state index contributed by atoms with van der Waals surface area (Å²) in [6, 6.07) is 19.5. The quantitative estimate of drug-likeness (QED) is 0.239. The molecule has 2 aliphatic heterocycles. The van der Waals surface area contributed by atoms with Crippen LogP contribution in [0.4, 0.5) is 22.7 Å². The van der Waals surface area contributed by atoms with Gasteiger partial charge in [-0.3, -0.25) is 19.9 Å².